The second kappa shape index (κ2) is 8.11. The predicted molar refractivity (Wildman–Crippen MR) is 98.0 cm³/mol. The van der Waals surface area contributed by atoms with E-state index in [1.807, 2.05) is 24.3 Å². The summed E-state index contributed by atoms with van der Waals surface area (Å²) in [4.78, 5) is 15.0. The molecule has 1 amide bonds. The van der Waals surface area contributed by atoms with Crippen molar-refractivity contribution in [3.05, 3.63) is 71.8 Å². The van der Waals surface area contributed by atoms with Crippen molar-refractivity contribution in [3.63, 3.8) is 0 Å². The van der Waals surface area contributed by atoms with Gasteiger partial charge in [-0.3, -0.25) is 4.79 Å². The monoisotopic (exact) mass is 322 g/mol. The first-order valence-corrected chi connectivity index (χ1v) is 8.83. The molecule has 0 aliphatic carbocycles. The fraction of sp³-hybridized carbons (Fsp3) is 0.381. The Morgan fingerprint density at radius 3 is 2.50 bits per heavy atom. The Balaban J connectivity index is 1.65. The van der Waals surface area contributed by atoms with Gasteiger partial charge in [0.1, 0.15) is 0 Å². The molecular weight excluding hydrogens is 296 g/mol. The number of nitrogens with zero attached hydrogens (tertiary/aromatic N) is 1. The third-order valence-electron chi connectivity index (χ3n) is 4.83. The van der Waals surface area contributed by atoms with E-state index in [1.54, 1.807) is 0 Å². The van der Waals surface area contributed by atoms with Gasteiger partial charge in [0, 0.05) is 32.1 Å². The summed E-state index contributed by atoms with van der Waals surface area (Å²) in [6.07, 6.45) is 1.49. The topological polar surface area (TPSA) is 32.3 Å². The van der Waals surface area contributed by atoms with Gasteiger partial charge < -0.3 is 10.2 Å². The van der Waals surface area contributed by atoms with Crippen LogP contribution in [0.25, 0.3) is 0 Å². The largest absolute Gasteiger partial charge is 0.337 e. The second-order valence-electron chi connectivity index (χ2n) is 6.65. The Kier molecular flexibility index (Phi) is 5.65. The van der Waals surface area contributed by atoms with Crippen molar-refractivity contribution in [2.24, 2.45) is 0 Å². The first kappa shape index (κ1) is 16.7. The van der Waals surface area contributed by atoms with E-state index in [1.165, 1.54) is 11.1 Å². The molecule has 126 valence electrons. The Hall–Kier alpha value is -2.13. The highest BCUT2D eigenvalue weighted by Gasteiger charge is 2.27. The van der Waals surface area contributed by atoms with Crippen LogP contribution in [0.4, 0.5) is 0 Å². The van der Waals surface area contributed by atoms with Gasteiger partial charge in [0.25, 0.3) is 0 Å². The molecule has 2 aromatic rings. The van der Waals surface area contributed by atoms with Crippen molar-refractivity contribution in [2.45, 2.75) is 31.7 Å². The summed E-state index contributed by atoms with van der Waals surface area (Å²) in [5, 5.41) is 3.43. The number of rotatable bonds is 5. The molecule has 0 spiro atoms. The van der Waals surface area contributed by atoms with Crippen LogP contribution in [0.2, 0.25) is 0 Å². The van der Waals surface area contributed by atoms with Gasteiger partial charge in [-0.2, -0.15) is 0 Å². The molecule has 1 unspecified atom stereocenters. The van der Waals surface area contributed by atoms with E-state index < -0.39 is 0 Å². The third-order valence-corrected chi connectivity index (χ3v) is 4.83. The number of hydrogen-bond donors (Lipinski definition) is 1. The average Bonchev–Trinajstić information content (AvgIpc) is 2.63. The van der Waals surface area contributed by atoms with Crippen LogP contribution in [0.1, 0.15) is 30.4 Å². The Labute approximate surface area is 144 Å². The van der Waals surface area contributed by atoms with Crippen LogP contribution in [0, 0.1) is 0 Å². The zero-order valence-corrected chi connectivity index (χ0v) is 14.3. The Morgan fingerprint density at radius 2 is 1.79 bits per heavy atom. The minimum absolute atomic E-state index is 0.247. The fourth-order valence-corrected chi connectivity index (χ4v) is 3.44. The number of carbonyl (C=O) groups is 1. The lowest BCUT2D eigenvalue weighted by Gasteiger charge is -2.37. The van der Waals surface area contributed by atoms with Gasteiger partial charge in [-0.25, -0.2) is 0 Å². The van der Waals surface area contributed by atoms with Gasteiger partial charge >= 0.3 is 0 Å². The second-order valence-corrected chi connectivity index (χ2v) is 6.65. The number of carbonyl (C=O) groups excluding carboxylic acids is 1. The van der Waals surface area contributed by atoms with E-state index in [-0.39, 0.29) is 17.9 Å². The number of nitrogens with one attached hydrogen (secondary N) is 1. The van der Waals surface area contributed by atoms with Crippen LogP contribution in [-0.4, -0.2) is 36.5 Å². The van der Waals surface area contributed by atoms with E-state index >= 15 is 0 Å². The first-order chi connectivity index (χ1) is 11.7. The standard InChI is InChI=1S/C21H26N2O/c1-17(19-10-6-3-7-11-19)14-21(24)23-13-12-22-16-20(23)15-18-8-4-2-5-9-18/h2-11,17,20,22H,12-16H2,1H3/t17?,20-/m1/s1. The van der Waals surface area contributed by atoms with E-state index in [4.69, 9.17) is 0 Å². The molecule has 0 saturated carbocycles. The van der Waals surface area contributed by atoms with Gasteiger partial charge in [0.05, 0.1) is 0 Å². The van der Waals surface area contributed by atoms with Crippen LogP contribution < -0.4 is 5.32 Å². The van der Waals surface area contributed by atoms with Crippen molar-refractivity contribution in [3.8, 4) is 0 Å². The molecule has 0 bridgehead atoms. The Morgan fingerprint density at radius 1 is 1.12 bits per heavy atom. The molecule has 2 atom stereocenters. The maximum absolute atomic E-state index is 12.9. The molecule has 0 aromatic heterocycles. The van der Waals surface area contributed by atoms with Gasteiger partial charge in [-0.15, -0.1) is 0 Å². The molecule has 3 rings (SSSR count). The van der Waals surface area contributed by atoms with Gasteiger partial charge in [0.2, 0.25) is 5.91 Å². The van der Waals surface area contributed by atoms with Crippen LogP contribution in [-0.2, 0) is 11.2 Å². The highest BCUT2D eigenvalue weighted by molar-refractivity contribution is 5.77. The van der Waals surface area contributed by atoms with Crippen LogP contribution in [0.15, 0.2) is 60.7 Å². The Bertz CT molecular complexity index is 641. The van der Waals surface area contributed by atoms with Gasteiger partial charge in [0.15, 0.2) is 0 Å². The van der Waals surface area contributed by atoms with Crippen molar-refractivity contribution in [1.29, 1.82) is 0 Å². The highest BCUT2D eigenvalue weighted by Crippen LogP contribution is 2.21. The number of piperazine rings is 1. The molecule has 1 saturated heterocycles. The number of amides is 1. The quantitative estimate of drug-likeness (QED) is 0.917. The van der Waals surface area contributed by atoms with Crippen LogP contribution in [0.3, 0.4) is 0 Å². The summed E-state index contributed by atoms with van der Waals surface area (Å²) in [6, 6.07) is 21.0. The average molecular weight is 322 g/mol. The zero-order chi connectivity index (χ0) is 16.8. The van der Waals surface area contributed by atoms with Crippen molar-refractivity contribution < 1.29 is 4.79 Å². The molecule has 1 aliphatic rings. The first-order valence-electron chi connectivity index (χ1n) is 8.83. The molecule has 1 aliphatic heterocycles. The van der Waals surface area contributed by atoms with E-state index in [2.05, 4.69) is 53.5 Å². The minimum Gasteiger partial charge on any atom is -0.337 e. The minimum atomic E-state index is 0.247. The van der Waals surface area contributed by atoms with Crippen molar-refractivity contribution in [2.75, 3.05) is 19.6 Å². The lowest BCUT2D eigenvalue weighted by molar-refractivity contribution is -0.134. The highest BCUT2D eigenvalue weighted by atomic mass is 16.2. The number of hydrogen-bond acceptors (Lipinski definition) is 2. The molecule has 3 heteroatoms. The lowest BCUT2D eigenvalue weighted by atomic mass is 9.96. The molecule has 24 heavy (non-hydrogen) atoms. The summed E-state index contributed by atoms with van der Waals surface area (Å²) in [6.45, 7) is 4.70. The maximum atomic E-state index is 12.9. The fourth-order valence-electron chi connectivity index (χ4n) is 3.44. The summed E-state index contributed by atoms with van der Waals surface area (Å²) in [5.41, 5.74) is 2.53. The predicted octanol–water partition coefficient (Wildman–Crippen LogP) is 3.22. The van der Waals surface area contributed by atoms with E-state index in [0.29, 0.717) is 6.42 Å². The molecule has 1 fully saturated rings. The summed E-state index contributed by atoms with van der Waals surface area (Å²) in [7, 11) is 0. The molecule has 1 N–H and O–H groups in total. The van der Waals surface area contributed by atoms with Crippen LogP contribution >= 0.6 is 0 Å². The van der Waals surface area contributed by atoms with Crippen molar-refractivity contribution in [1.82, 2.24) is 10.2 Å². The number of benzene rings is 2. The summed E-state index contributed by atoms with van der Waals surface area (Å²) < 4.78 is 0. The summed E-state index contributed by atoms with van der Waals surface area (Å²) in [5.74, 6) is 0.528. The van der Waals surface area contributed by atoms with E-state index in [0.717, 1.165) is 26.1 Å². The van der Waals surface area contributed by atoms with Gasteiger partial charge in [-0.1, -0.05) is 67.6 Å². The molecule has 3 nitrogen and oxygen atoms in total. The third kappa shape index (κ3) is 4.24. The molecule has 2 aromatic carbocycles. The normalized spacial score (nSPS) is 19.0. The molecule has 1 heterocycles. The van der Waals surface area contributed by atoms with Crippen molar-refractivity contribution >= 4 is 5.91 Å². The van der Waals surface area contributed by atoms with Crippen LogP contribution in [0.5, 0.6) is 0 Å². The molecular formula is C21H26N2O. The molecule has 0 radical (unpaired) electrons. The zero-order valence-electron chi connectivity index (χ0n) is 14.3. The SMILES string of the molecule is CC(CC(=O)N1CCNC[C@H]1Cc1ccccc1)c1ccccc1. The maximum Gasteiger partial charge on any atom is 0.223 e. The van der Waals surface area contributed by atoms with E-state index in [9.17, 15) is 4.79 Å². The lowest BCUT2D eigenvalue weighted by Crippen LogP contribution is -2.54. The van der Waals surface area contributed by atoms with Gasteiger partial charge in [-0.05, 0) is 23.5 Å². The summed E-state index contributed by atoms with van der Waals surface area (Å²) >= 11 is 0. The smallest absolute Gasteiger partial charge is 0.223 e.